The third kappa shape index (κ3) is 4.43. The van der Waals surface area contributed by atoms with Gasteiger partial charge in [0.2, 0.25) is 18.3 Å². The number of aromatic nitrogens is 2. The first-order valence-corrected chi connectivity index (χ1v) is 8.85. The molecule has 0 aromatic carbocycles. The van der Waals surface area contributed by atoms with Crippen molar-refractivity contribution in [3.8, 4) is 11.3 Å². The molecule has 1 aliphatic rings. The number of hydrogen-bond donors (Lipinski definition) is 3. The molecule has 0 saturated heterocycles. The first kappa shape index (κ1) is 18.8. The monoisotopic (exact) mass is 373 g/mol. The first-order valence-electron chi connectivity index (χ1n) is 8.85. The summed E-state index contributed by atoms with van der Waals surface area (Å²) >= 11 is 0. The minimum Gasteiger partial charge on any atom is -0.472 e. The van der Waals surface area contributed by atoms with E-state index in [9.17, 15) is 14.8 Å². The van der Waals surface area contributed by atoms with E-state index in [1.54, 1.807) is 30.9 Å². The predicted octanol–water partition coefficient (Wildman–Crippen LogP) is 2.22. The van der Waals surface area contributed by atoms with Gasteiger partial charge in [0, 0.05) is 11.8 Å². The number of rotatable bonds is 7. The van der Waals surface area contributed by atoms with Crippen LogP contribution in [0.3, 0.4) is 0 Å². The van der Waals surface area contributed by atoms with E-state index in [-0.39, 0.29) is 18.4 Å². The Bertz CT molecular complexity index is 772. The quantitative estimate of drug-likeness (QED) is 0.386. The van der Waals surface area contributed by atoms with Crippen LogP contribution in [0.1, 0.15) is 32.6 Å². The summed E-state index contributed by atoms with van der Waals surface area (Å²) < 4.78 is 5.05. The van der Waals surface area contributed by atoms with Crippen molar-refractivity contribution in [2.24, 2.45) is 11.3 Å². The topological polar surface area (TPSA) is 121 Å². The first-order chi connectivity index (χ1) is 13.0. The number of hydroxylamine groups is 2. The summed E-state index contributed by atoms with van der Waals surface area (Å²) in [5.41, 5.74) is 5.97. The van der Waals surface area contributed by atoms with Gasteiger partial charge in [0.15, 0.2) is 0 Å². The lowest BCUT2D eigenvalue weighted by atomic mass is 9.70. The van der Waals surface area contributed by atoms with E-state index in [0.717, 1.165) is 18.4 Å². The molecule has 9 nitrogen and oxygen atoms in total. The molecule has 27 heavy (non-hydrogen) atoms. The number of hydrogen-bond acceptors (Lipinski definition) is 7. The molecule has 1 fully saturated rings. The summed E-state index contributed by atoms with van der Waals surface area (Å²) in [6.07, 6.45) is 7.89. The lowest BCUT2D eigenvalue weighted by Crippen LogP contribution is -2.51. The van der Waals surface area contributed by atoms with Gasteiger partial charge in [-0.05, 0) is 43.7 Å². The second-order valence-corrected chi connectivity index (χ2v) is 7.02. The number of amides is 2. The molecule has 0 atom stereocenters. The Hall–Kier alpha value is -2.94. The molecule has 2 aromatic rings. The standard InChI is InChI=1S/C18H23N5O4/c1-13-2-6-18(7-3-13,11-23(26)12-24)16(25)21-22-17-19-8-4-15(20-17)14-5-9-27-10-14/h4-5,8-10,12-13,26H,2-3,6-7,11H2,1H3,(H,21,25)(H,19,20,22). The average Bonchev–Trinajstić information content (AvgIpc) is 3.23. The second-order valence-electron chi connectivity index (χ2n) is 7.02. The summed E-state index contributed by atoms with van der Waals surface area (Å²) in [5, 5.41) is 10.2. The highest BCUT2D eigenvalue weighted by Gasteiger charge is 2.42. The molecule has 3 rings (SSSR count). The SMILES string of the molecule is CC1CCC(CN(O)C=O)(C(=O)NNc2nccc(-c3ccoc3)n2)CC1. The van der Waals surface area contributed by atoms with Gasteiger partial charge in [-0.15, -0.1) is 0 Å². The van der Waals surface area contributed by atoms with E-state index in [2.05, 4.69) is 27.7 Å². The third-order valence-electron chi connectivity index (χ3n) is 5.06. The molecule has 144 valence electrons. The number of furan rings is 1. The van der Waals surface area contributed by atoms with Crippen LogP contribution in [-0.4, -0.2) is 39.1 Å². The van der Waals surface area contributed by atoms with Crippen LogP contribution in [0.5, 0.6) is 0 Å². The minimum atomic E-state index is -0.850. The maximum absolute atomic E-state index is 12.9. The normalized spacial score (nSPS) is 22.1. The zero-order chi connectivity index (χ0) is 19.3. The molecule has 1 saturated carbocycles. The Morgan fingerprint density at radius 3 is 2.89 bits per heavy atom. The van der Waals surface area contributed by atoms with Crippen molar-refractivity contribution in [3.05, 3.63) is 30.9 Å². The number of carbonyl (C=O) groups excluding carboxylic acids is 2. The maximum atomic E-state index is 12.9. The van der Waals surface area contributed by atoms with Crippen LogP contribution in [0, 0.1) is 11.3 Å². The van der Waals surface area contributed by atoms with Gasteiger partial charge in [0.1, 0.15) is 0 Å². The van der Waals surface area contributed by atoms with Gasteiger partial charge >= 0.3 is 0 Å². The maximum Gasteiger partial charge on any atom is 0.246 e. The van der Waals surface area contributed by atoms with Crippen molar-refractivity contribution in [1.29, 1.82) is 0 Å². The molecule has 2 aromatic heterocycles. The molecule has 1 aliphatic carbocycles. The molecule has 2 heterocycles. The Labute approximate surface area is 156 Å². The molecule has 0 spiro atoms. The zero-order valence-corrected chi connectivity index (χ0v) is 15.1. The fourth-order valence-corrected chi connectivity index (χ4v) is 3.35. The largest absolute Gasteiger partial charge is 0.472 e. The Kier molecular flexibility index (Phi) is 5.70. The number of carbonyl (C=O) groups is 2. The van der Waals surface area contributed by atoms with Gasteiger partial charge in [-0.3, -0.25) is 25.6 Å². The van der Waals surface area contributed by atoms with Crippen LogP contribution < -0.4 is 10.9 Å². The lowest BCUT2D eigenvalue weighted by Gasteiger charge is -2.38. The second kappa shape index (κ2) is 8.17. The molecule has 0 radical (unpaired) electrons. The van der Waals surface area contributed by atoms with E-state index >= 15 is 0 Å². The van der Waals surface area contributed by atoms with Crippen molar-refractivity contribution >= 4 is 18.3 Å². The van der Waals surface area contributed by atoms with E-state index in [1.165, 1.54) is 0 Å². The summed E-state index contributed by atoms with van der Waals surface area (Å²) in [6.45, 7) is 2.08. The molecule has 0 aliphatic heterocycles. The van der Waals surface area contributed by atoms with Crippen molar-refractivity contribution in [2.75, 3.05) is 12.0 Å². The molecule has 3 N–H and O–H groups in total. The van der Waals surface area contributed by atoms with Crippen molar-refractivity contribution in [3.63, 3.8) is 0 Å². The Morgan fingerprint density at radius 2 is 2.22 bits per heavy atom. The smallest absolute Gasteiger partial charge is 0.246 e. The van der Waals surface area contributed by atoms with Crippen LogP contribution >= 0.6 is 0 Å². The number of anilines is 1. The van der Waals surface area contributed by atoms with Gasteiger partial charge in [-0.2, -0.15) is 0 Å². The molecule has 2 amide bonds. The van der Waals surface area contributed by atoms with Crippen molar-refractivity contribution < 1.29 is 19.2 Å². The summed E-state index contributed by atoms with van der Waals surface area (Å²) in [6, 6.07) is 3.51. The van der Waals surface area contributed by atoms with Gasteiger partial charge in [0.05, 0.1) is 30.2 Å². The number of hydrazine groups is 1. The fraction of sp³-hybridized carbons (Fsp3) is 0.444. The summed E-state index contributed by atoms with van der Waals surface area (Å²) in [4.78, 5) is 32.1. The van der Waals surface area contributed by atoms with E-state index in [1.807, 2.05) is 0 Å². The molecule has 0 unspecified atom stereocenters. The zero-order valence-electron chi connectivity index (χ0n) is 15.1. The van der Waals surface area contributed by atoms with E-state index < -0.39 is 5.41 Å². The fourth-order valence-electron chi connectivity index (χ4n) is 3.35. The predicted molar refractivity (Wildman–Crippen MR) is 96.1 cm³/mol. The minimum absolute atomic E-state index is 0.0490. The van der Waals surface area contributed by atoms with Crippen LogP contribution in [-0.2, 0) is 9.59 Å². The molecule has 0 bridgehead atoms. The van der Waals surface area contributed by atoms with Gasteiger partial charge in [0.25, 0.3) is 0 Å². The third-order valence-corrected chi connectivity index (χ3v) is 5.06. The van der Waals surface area contributed by atoms with Crippen molar-refractivity contribution in [1.82, 2.24) is 20.5 Å². The summed E-state index contributed by atoms with van der Waals surface area (Å²) in [7, 11) is 0. The number of nitrogens with one attached hydrogen (secondary N) is 2. The van der Waals surface area contributed by atoms with E-state index in [0.29, 0.717) is 35.9 Å². The van der Waals surface area contributed by atoms with Crippen LogP contribution in [0.4, 0.5) is 5.95 Å². The highest BCUT2D eigenvalue weighted by Crippen LogP contribution is 2.39. The van der Waals surface area contributed by atoms with Crippen LogP contribution in [0.25, 0.3) is 11.3 Å². The number of nitrogens with zero attached hydrogens (tertiary/aromatic N) is 3. The highest BCUT2D eigenvalue weighted by atomic mass is 16.5. The Morgan fingerprint density at radius 1 is 1.44 bits per heavy atom. The van der Waals surface area contributed by atoms with E-state index in [4.69, 9.17) is 4.42 Å². The van der Waals surface area contributed by atoms with Gasteiger partial charge in [-0.1, -0.05) is 6.92 Å². The highest BCUT2D eigenvalue weighted by molar-refractivity contribution is 5.84. The van der Waals surface area contributed by atoms with Gasteiger partial charge < -0.3 is 4.42 Å². The lowest BCUT2D eigenvalue weighted by molar-refractivity contribution is -0.163. The Balaban J connectivity index is 1.69. The van der Waals surface area contributed by atoms with Crippen LogP contribution in [0.15, 0.2) is 35.3 Å². The van der Waals surface area contributed by atoms with Gasteiger partial charge in [-0.25, -0.2) is 15.0 Å². The molecular formula is C18H23N5O4. The molecule has 9 heteroatoms. The molecular weight excluding hydrogens is 350 g/mol. The van der Waals surface area contributed by atoms with Crippen molar-refractivity contribution in [2.45, 2.75) is 32.6 Å². The average molecular weight is 373 g/mol. The summed E-state index contributed by atoms with van der Waals surface area (Å²) in [5.74, 6) is 0.447. The van der Waals surface area contributed by atoms with Crippen LogP contribution in [0.2, 0.25) is 0 Å².